The second-order valence-electron chi connectivity index (χ2n) is 7.46. The highest BCUT2D eigenvalue weighted by Crippen LogP contribution is 2.35. The second-order valence-corrected chi connectivity index (χ2v) is 7.90. The molecule has 0 unspecified atom stereocenters. The average molecular weight is 431 g/mol. The monoisotopic (exact) mass is 430 g/mol. The van der Waals surface area contributed by atoms with Crippen LogP contribution in [0.25, 0.3) is 0 Å². The number of carbonyl (C=O) groups excluding carboxylic acids is 1. The number of carbonyl (C=O) groups is 1. The smallest absolute Gasteiger partial charge is 0.336 e. The van der Waals surface area contributed by atoms with Gasteiger partial charge in [0.05, 0.1) is 18.8 Å². The van der Waals surface area contributed by atoms with Crippen molar-refractivity contribution >= 4 is 17.5 Å². The highest BCUT2D eigenvalue weighted by molar-refractivity contribution is 6.30. The van der Waals surface area contributed by atoms with Crippen molar-refractivity contribution in [3.05, 3.63) is 51.6 Å². The van der Waals surface area contributed by atoms with Crippen LogP contribution in [0, 0.1) is 11.7 Å². The standard InChI is InChI=1S/C19H19ClF4N4O/c20-13-2-1-12(15(21)6-13)9-28-16-10-27(17(29)5-11-7-25-8-11)4-3-14(16)18(26-28)19(22,23)24/h1-2,6,11,25H,3-5,7-10H2. The average Bonchev–Trinajstić information content (AvgIpc) is 2.98. The Hall–Kier alpha value is -2.13. The Bertz CT molecular complexity index is 939. The molecule has 1 fully saturated rings. The van der Waals surface area contributed by atoms with Gasteiger partial charge in [0.1, 0.15) is 5.82 Å². The van der Waals surface area contributed by atoms with Gasteiger partial charge in [0.2, 0.25) is 5.91 Å². The lowest BCUT2D eigenvalue weighted by Crippen LogP contribution is -2.46. The Labute approximate surface area is 169 Å². The van der Waals surface area contributed by atoms with Crippen LogP contribution in [0.1, 0.15) is 28.9 Å². The van der Waals surface area contributed by atoms with E-state index in [1.165, 1.54) is 12.1 Å². The molecule has 1 aromatic carbocycles. The number of aromatic nitrogens is 2. The molecule has 10 heteroatoms. The second kappa shape index (κ2) is 7.60. The van der Waals surface area contributed by atoms with E-state index in [1.807, 2.05) is 0 Å². The number of hydrogen-bond donors (Lipinski definition) is 1. The molecule has 1 aromatic heterocycles. The number of rotatable bonds is 4. The van der Waals surface area contributed by atoms with E-state index in [-0.39, 0.29) is 54.0 Å². The minimum atomic E-state index is -4.61. The predicted octanol–water partition coefficient (Wildman–Crippen LogP) is 3.24. The first kappa shape index (κ1) is 20.2. The van der Waals surface area contributed by atoms with Crippen molar-refractivity contribution in [1.29, 1.82) is 0 Å². The van der Waals surface area contributed by atoms with Crippen molar-refractivity contribution in [2.45, 2.75) is 32.1 Å². The molecule has 4 rings (SSSR count). The summed E-state index contributed by atoms with van der Waals surface area (Å²) in [5.41, 5.74) is -0.395. The van der Waals surface area contributed by atoms with E-state index in [0.29, 0.717) is 12.1 Å². The summed E-state index contributed by atoms with van der Waals surface area (Å²) in [5.74, 6) is -0.430. The fourth-order valence-electron chi connectivity index (χ4n) is 3.73. The third-order valence-corrected chi connectivity index (χ3v) is 5.66. The highest BCUT2D eigenvalue weighted by atomic mass is 35.5. The number of nitrogens with zero attached hydrogens (tertiary/aromatic N) is 3. The lowest BCUT2D eigenvalue weighted by molar-refractivity contribution is -0.142. The van der Waals surface area contributed by atoms with Crippen LogP contribution in [0.5, 0.6) is 0 Å². The van der Waals surface area contributed by atoms with E-state index in [2.05, 4.69) is 10.4 Å². The van der Waals surface area contributed by atoms with Crippen molar-refractivity contribution in [2.24, 2.45) is 5.92 Å². The number of nitrogens with one attached hydrogen (secondary N) is 1. The minimum Gasteiger partial charge on any atom is -0.336 e. The molecule has 5 nitrogen and oxygen atoms in total. The molecule has 0 bridgehead atoms. The predicted molar refractivity (Wildman–Crippen MR) is 97.8 cm³/mol. The molecule has 3 heterocycles. The van der Waals surface area contributed by atoms with Gasteiger partial charge in [0, 0.05) is 29.1 Å². The van der Waals surface area contributed by atoms with Crippen LogP contribution in [0.15, 0.2) is 18.2 Å². The van der Waals surface area contributed by atoms with Gasteiger partial charge < -0.3 is 10.2 Å². The summed E-state index contributed by atoms with van der Waals surface area (Å²) in [6.45, 7) is 1.63. The number of hydrogen-bond acceptors (Lipinski definition) is 3. The van der Waals surface area contributed by atoms with Crippen LogP contribution in [0.2, 0.25) is 5.02 Å². The van der Waals surface area contributed by atoms with Crippen molar-refractivity contribution in [1.82, 2.24) is 20.0 Å². The van der Waals surface area contributed by atoms with Crippen molar-refractivity contribution in [2.75, 3.05) is 19.6 Å². The maximum absolute atomic E-state index is 14.2. The number of fused-ring (bicyclic) bond motifs is 1. The molecule has 1 saturated heterocycles. The molecule has 1 amide bonds. The van der Waals surface area contributed by atoms with E-state index in [0.717, 1.165) is 23.8 Å². The zero-order valence-electron chi connectivity index (χ0n) is 15.4. The summed E-state index contributed by atoms with van der Waals surface area (Å²) in [5, 5.41) is 7.04. The Kier molecular flexibility index (Phi) is 5.29. The van der Waals surface area contributed by atoms with Gasteiger partial charge in [-0.05, 0) is 37.6 Å². The summed E-state index contributed by atoms with van der Waals surface area (Å²) >= 11 is 5.75. The molecule has 2 aromatic rings. The van der Waals surface area contributed by atoms with E-state index in [1.54, 1.807) is 4.90 Å². The van der Waals surface area contributed by atoms with E-state index in [4.69, 9.17) is 11.6 Å². The van der Waals surface area contributed by atoms with Gasteiger partial charge in [-0.1, -0.05) is 17.7 Å². The van der Waals surface area contributed by atoms with Crippen molar-refractivity contribution in [3.8, 4) is 0 Å². The van der Waals surface area contributed by atoms with Gasteiger partial charge in [-0.3, -0.25) is 9.48 Å². The topological polar surface area (TPSA) is 50.2 Å². The number of amides is 1. The van der Waals surface area contributed by atoms with Gasteiger partial charge in [-0.15, -0.1) is 0 Å². The SMILES string of the molecule is O=C(CC1CNC1)N1CCc2c(C(F)(F)F)nn(Cc3ccc(Cl)cc3F)c2C1. The number of benzene rings is 1. The van der Waals surface area contributed by atoms with Crippen molar-refractivity contribution < 1.29 is 22.4 Å². The third-order valence-electron chi connectivity index (χ3n) is 5.42. The lowest BCUT2D eigenvalue weighted by atomic mass is 9.97. The summed E-state index contributed by atoms with van der Waals surface area (Å²) in [7, 11) is 0. The van der Waals surface area contributed by atoms with Gasteiger partial charge in [-0.25, -0.2) is 4.39 Å². The lowest BCUT2D eigenvalue weighted by Gasteiger charge is -2.32. The summed E-state index contributed by atoms with van der Waals surface area (Å²) in [6, 6.07) is 4.01. The Balaban J connectivity index is 1.63. The maximum Gasteiger partial charge on any atom is 0.435 e. The molecular formula is C19H19ClF4N4O. The maximum atomic E-state index is 14.2. The first-order valence-corrected chi connectivity index (χ1v) is 9.68. The molecule has 29 heavy (non-hydrogen) atoms. The van der Waals surface area contributed by atoms with Gasteiger partial charge in [-0.2, -0.15) is 18.3 Å². The van der Waals surface area contributed by atoms with Gasteiger partial charge >= 0.3 is 6.18 Å². The van der Waals surface area contributed by atoms with Gasteiger partial charge in [0.15, 0.2) is 5.69 Å². The zero-order chi connectivity index (χ0) is 20.8. The molecule has 0 radical (unpaired) electrons. The van der Waals surface area contributed by atoms with E-state index < -0.39 is 17.7 Å². The first-order valence-electron chi connectivity index (χ1n) is 9.30. The fourth-order valence-corrected chi connectivity index (χ4v) is 3.89. The summed E-state index contributed by atoms with van der Waals surface area (Å²) in [6.07, 6.45) is -4.17. The molecule has 2 aliphatic rings. The quantitative estimate of drug-likeness (QED) is 0.758. The molecular weight excluding hydrogens is 412 g/mol. The minimum absolute atomic E-state index is 0.0343. The van der Waals surface area contributed by atoms with Crippen LogP contribution in [0.3, 0.4) is 0 Å². The van der Waals surface area contributed by atoms with Crippen molar-refractivity contribution in [3.63, 3.8) is 0 Å². The van der Waals surface area contributed by atoms with Crippen LogP contribution >= 0.6 is 11.6 Å². The first-order chi connectivity index (χ1) is 13.7. The number of alkyl halides is 3. The number of halogens is 5. The van der Waals surface area contributed by atoms with Crippen LogP contribution in [-0.2, 0) is 30.5 Å². The molecule has 156 valence electrons. The normalized spacial score (nSPS) is 17.2. The van der Waals surface area contributed by atoms with E-state index in [9.17, 15) is 22.4 Å². The fraction of sp³-hybridized carbons (Fsp3) is 0.474. The Morgan fingerprint density at radius 1 is 1.31 bits per heavy atom. The largest absolute Gasteiger partial charge is 0.435 e. The molecule has 2 aliphatic heterocycles. The molecule has 1 N–H and O–H groups in total. The molecule has 0 atom stereocenters. The zero-order valence-corrected chi connectivity index (χ0v) is 16.2. The Morgan fingerprint density at radius 3 is 2.69 bits per heavy atom. The van der Waals surface area contributed by atoms with E-state index >= 15 is 0 Å². The summed E-state index contributed by atoms with van der Waals surface area (Å²) < 4.78 is 55.8. The van der Waals surface area contributed by atoms with Crippen LogP contribution < -0.4 is 5.32 Å². The molecule has 0 aliphatic carbocycles. The molecule has 0 spiro atoms. The van der Waals surface area contributed by atoms with Crippen LogP contribution in [0.4, 0.5) is 17.6 Å². The van der Waals surface area contributed by atoms with Crippen LogP contribution in [-0.4, -0.2) is 40.2 Å². The third kappa shape index (κ3) is 4.11. The summed E-state index contributed by atoms with van der Waals surface area (Å²) in [4.78, 5) is 14.1. The van der Waals surface area contributed by atoms with Gasteiger partial charge in [0.25, 0.3) is 0 Å². The highest BCUT2D eigenvalue weighted by Gasteiger charge is 2.41. The Morgan fingerprint density at radius 2 is 2.07 bits per heavy atom. The molecule has 0 saturated carbocycles.